The number of hydrogen-bond acceptors (Lipinski definition) is 5. The number of nitro benzene ring substituents is 1. The Balaban J connectivity index is 2.18. The zero-order valence-corrected chi connectivity index (χ0v) is 12.9. The van der Waals surface area contributed by atoms with Gasteiger partial charge in [0.25, 0.3) is 5.69 Å². The summed E-state index contributed by atoms with van der Waals surface area (Å²) in [5.74, 6) is -0.0983. The van der Waals surface area contributed by atoms with E-state index in [1.165, 1.54) is 17.4 Å². The van der Waals surface area contributed by atoms with Crippen LogP contribution >= 0.6 is 27.3 Å². The van der Waals surface area contributed by atoms with E-state index in [0.717, 1.165) is 3.79 Å². The lowest BCUT2D eigenvalue weighted by atomic mass is 10.1. The smallest absolute Gasteiger partial charge is 0.292 e. The SMILES string of the molecule is C[C@@H](Nc1ccccc1[N+](=O)[O-])C(=O)c1ccc(Br)s1. The number of carbonyl (C=O) groups excluding carboxylic acids is 1. The molecular weight excluding hydrogens is 344 g/mol. The molecule has 5 nitrogen and oxygen atoms in total. The van der Waals surface area contributed by atoms with Gasteiger partial charge in [-0.1, -0.05) is 12.1 Å². The lowest BCUT2D eigenvalue weighted by Gasteiger charge is -2.13. The number of para-hydroxylation sites is 2. The molecule has 7 heteroatoms. The Morgan fingerprint density at radius 2 is 2.05 bits per heavy atom. The van der Waals surface area contributed by atoms with Gasteiger partial charge in [-0.05, 0) is 41.1 Å². The van der Waals surface area contributed by atoms with Gasteiger partial charge in [0.2, 0.25) is 0 Å². The van der Waals surface area contributed by atoms with Gasteiger partial charge >= 0.3 is 0 Å². The maximum atomic E-state index is 12.2. The number of thiophene rings is 1. The maximum absolute atomic E-state index is 12.2. The zero-order chi connectivity index (χ0) is 14.7. The fourth-order valence-corrected chi connectivity index (χ4v) is 3.13. The van der Waals surface area contributed by atoms with Crippen molar-refractivity contribution in [1.29, 1.82) is 0 Å². The number of ketones is 1. The van der Waals surface area contributed by atoms with Crippen LogP contribution < -0.4 is 5.32 Å². The number of anilines is 1. The third-order valence-electron chi connectivity index (χ3n) is 2.68. The molecule has 0 aliphatic carbocycles. The summed E-state index contributed by atoms with van der Waals surface area (Å²) in [5, 5.41) is 13.8. The topological polar surface area (TPSA) is 72.2 Å². The van der Waals surface area contributed by atoms with Crippen LogP contribution in [0.3, 0.4) is 0 Å². The molecule has 0 saturated heterocycles. The highest BCUT2D eigenvalue weighted by molar-refractivity contribution is 9.11. The summed E-state index contributed by atoms with van der Waals surface area (Å²) in [6, 6.07) is 9.26. The predicted molar refractivity (Wildman–Crippen MR) is 82.5 cm³/mol. The average Bonchev–Trinajstić information content (AvgIpc) is 2.84. The molecular formula is C13H11BrN2O3S. The summed E-state index contributed by atoms with van der Waals surface area (Å²) in [6.07, 6.45) is 0. The molecule has 104 valence electrons. The molecule has 1 aromatic carbocycles. The second kappa shape index (κ2) is 6.15. The summed E-state index contributed by atoms with van der Waals surface area (Å²) in [7, 11) is 0. The van der Waals surface area contributed by atoms with Crippen LogP contribution in [0.1, 0.15) is 16.6 Å². The highest BCUT2D eigenvalue weighted by Gasteiger charge is 2.20. The van der Waals surface area contributed by atoms with Crippen LogP contribution in [0.2, 0.25) is 0 Å². The number of nitro groups is 1. The molecule has 0 unspecified atom stereocenters. The van der Waals surface area contributed by atoms with Gasteiger partial charge in [0.1, 0.15) is 5.69 Å². The Morgan fingerprint density at radius 3 is 2.65 bits per heavy atom. The highest BCUT2D eigenvalue weighted by atomic mass is 79.9. The lowest BCUT2D eigenvalue weighted by Crippen LogP contribution is -2.25. The molecule has 0 aliphatic rings. The number of rotatable bonds is 5. The van der Waals surface area contributed by atoms with Crippen molar-refractivity contribution in [3.8, 4) is 0 Å². The molecule has 1 heterocycles. The predicted octanol–water partition coefficient (Wildman–Crippen LogP) is 4.10. The fraction of sp³-hybridized carbons (Fsp3) is 0.154. The normalized spacial score (nSPS) is 11.9. The van der Waals surface area contributed by atoms with Crippen LogP contribution in [0, 0.1) is 10.1 Å². The summed E-state index contributed by atoms with van der Waals surface area (Å²) in [6.45, 7) is 1.69. The molecule has 2 rings (SSSR count). The van der Waals surface area contributed by atoms with E-state index in [1.54, 1.807) is 37.3 Å². The summed E-state index contributed by atoms with van der Waals surface area (Å²) >= 11 is 4.64. The second-order valence-electron chi connectivity index (χ2n) is 4.11. The third-order valence-corrected chi connectivity index (χ3v) is 4.32. The van der Waals surface area contributed by atoms with E-state index in [-0.39, 0.29) is 11.5 Å². The number of Topliss-reactive ketones (excluding diaryl/α,β-unsaturated/α-hetero) is 1. The van der Waals surface area contributed by atoms with Crippen molar-refractivity contribution in [2.45, 2.75) is 13.0 Å². The summed E-state index contributed by atoms with van der Waals surface area (Å²) < 4.78 is 0.874. The van der Waals surface area contributed by atoms with Crippen LogP contribution in [-0.4, -0.2) is 16.7 Å². The van der Waals surface area contributed by atoms with Gasteiger partial charge in [-0.2, -0.15) is 0 Å². The average molecular weight is 355 g/mol. The van der Waals surface area contributed by atoms with E-state index in [9.17, 15) is 14.9 Å². The van der Waals surface area contributed by atoms with E-state index in [4.69, 9.17) is 0 Å². The first-order chi connectivity index (χ1) is 9.49. The number of nitrogens with one attached hydrogen (secondary N) is 1. The van der Waals surface area contributed by atoms with Crippen molar-refractivity contribution in [3.05, 3.63) is 55.2 Å². The van der Waals surface area contributed by atoms with Crippen molar-refractivity contribution < 1.29 is 9.72 Å². The molecule has 1 aromatic heterocycles. The van der Waals surface area contributed by atoms with Gasteiger partial charge < -0.3 is 5.32 Å². The largest absolute Gasteiger partial charge is 0.370 e. The Kier molecular flexibility index (Phi) is 4.51. The number of hydrogen-bond donors (Lipinski definition) is 1. The quantitative estimate of drug-likeness (QED) is 0.498. The van der Waals surface area contributed by atoms with Crippen LogP contribution in [-0.2, 0) is 0 Å². The molecule has 20 heavy (non-hydrogen) atoms. The lowest BCUT2D eigenvalue weighted by molar-refractivity contribution is -0.384. The molecule has 1 atom stereocenters. The Hall–Kier alpha value is -1.73. The van der Waals surface area contributed by atoms with Gasteiger partial charge in [-0.25, -0.2) is 0 Å². The number of benzene rings is 1. The molecule has 0 saturated carbocycles. The highest BCUT2D eigenvalue weighted by Crippen LogP contribution is 2.26. The van der Waals surface area contributed by atoms with Gasteiger partial charge in [-0.15, -0.1) is 11.3 Å². The first kappa shape index (κ1) is 14.7. The molecule has 0 amide bonds. The molecule has 1 N–H and O–H groups in total. The fourth-order valence-electron chi connectivity index (χ4n) is 1.71. The minimum atomic E-state index is -0.540. The Bertz CT molecular complexity index is 657. The van der Waals surface area contributed by atoms with Crippen molar-refractivity contribution in [3.63, 3.8) is 0 Å². The van der Waals surface area contributed by atoms with E-state index < -0.39 is 11.0 Å². The van der Waals surface area contributed by atoms with Gasteiger partial charge in [0.05, 0.1) is 19.6 Å². The maximum Gasteiger partial charge on any atom is 0.292 e. The van der Waals surface area contributed by atoms with E-state index in [0.29, 0.717) is 10.6 Å². The molecule has 0 spiro atoms. The number of nitrogens with zero attached hydrogens (tertiary/aromatic N) is 1. The Morgan fingerprint density at radius 1 is 1.35 bits per heavy atom. The van der Waals surface area contributed by atoms with Crippen LogP contribution in [0.5, 0.6) is 0 Å². The number of carbonyl (C=O) groups is 1. The second-order valence-corrected chi connectivity index (χ2v) is 6.57. The van der Waals surface area contributed by atoms with E-state index >= 15 is 0 Å². The standard InChI is InChI=1S/C13H11BrN2O3S/c1-8(13(17)11-6-7-12(14)20-11)15-9-4-2-3-5-10(9)16(18)19/h2-8,15H,1H3/t8-/m1/s1. The van der Waals surface area contributed by atoms with E-state index in [2.05, 4.69) is 21.2 Å². The molecule has 2 aromatic rings. The van der Waals surface area contributed by atoms with Crippen LogP contribution in [0.25, 0.3) is 0 Å². The van der Waals surface area contributed by atoms with E-state index in [1.807, 2.05) is 0 Å². The molecule has 0 radical (unpaired) electrons. The summed E-state index contributed by atoms with van der Waals surface area (Å²) in [5.41, 5.74) is 0.300. The third kappa shape index (κ3) is 3.23. The minimum Gasteiger partial charge on any atom is -0.370 e. The minimum absolute atomic E-state index is 0.0421. The van der Waals surface area contributed by atoms with Crippen molar-refractivity contribution in [1.82, 2.24) is 0 Å². The van der Waals surface area contributed by atoms with Crippen molar-refractivity contribution in [2.24, 2.45) is 0 Å². The van der Waals surface area contributed by atoms with Crippen LogP contribution in [0.4, 0.5) is 11.4 Å². The summed E-state index contributed by atoms with van der Waals surface area (Å²) in [4.78, 5) is 23.3. The monoisotopic (exact) mass is 354 g/mol. The molecule has 0 aliphatic heterocycles. The van der Waals surface area contributed by atoms with Crippen molar-refractivity contribution >= 4 is 44.4 Å². The Labute approximate surface area is 127 Å². The first-order valence-electron chi connectivity index (χ1n) is 5.78. The van der Waals surface area contributed by atoms with Gasteiger partial charge in [-0.3, -0.25) is 14.9 Å². The number of halogens is 1. The molecule has 0 fully saturated rings. The first-order valence-corrected chi connectivity index (χ1v) is 7.39. The van der Waals surface area contributed by atoms with Crippen LogP contribution in [0.15, 0.2) is 40.2 Å². The van der Waals surface area contributed by atoms with Gasteiger partial charge in [0.15, 0.2) is 5.78 Å². The van der Waals surface area contributed by atoms with Gasteiger partial charge in [0, 0.05) is 6.07 Å². The molecule has 0 bridgehead atoms. The zero-order valence-electron chi connectivity index (χ0n) is 10.5. The van der Waals surface area contributed by atoms with Crippen molar-refractivity contribution in [2.75, 3.05) is 5.32 Å².